The Bertz CT molecular complexity index is 656. The van der Waals surface area contributed by atoms with E-state index in [0.29, 0.717) is 42.3 Å². The lowest BCUT2D eigenvalue weighted by Gasteiger charge is -2.34. The van der Waals surface area contributed by atoms with Gasteiger partial charge in [0, 0.05) is 30.9 Å². The summed E-state index contributed by atoms with van der Waals surface area (Å²) < 4.78 is 53.0. The van der Waals surface area contributed by atoms with Crippen molar-refractivity contribution < 1.29 is 17.6 Å². The van der Waals surface area contributed by atoms with Crippen LogP contribution in [-0.4, -0.2) is 31.3 Å². The van der Waals surface area contributed by atoms with Crippen molar-refractivity contribution in [1.82, 2.24) is 0 Å². The zero-order valence-electron chi connectivity index (χ0n) is 15.3. The van der Waals surface area contributed by atoms with Crippen LogP contribution >= 0.6 is 0 Å². The van der Waals surface area contributed by atoms with Crippen molar-refractivity contribution in [1.29, 1.82) is 0 Å². The highest BCUT2D eigenvalue weighted by Gasteiger charge is 2.42. The van der Waals surface area contributed by atoms with E-state index in [0.717, 1.165) is 25.7 Å². The number of anilines is 2. The Kier molecular flexibility index (Phi) is 4.99. The van der Waals surface area contributed by atoms with Gasteiger partial charge in [-0.3, -0.25) is 0 Å². The average Bonchev–Trinajstić information content (AvgIpc) is 3.12. The third-order valence-electron chi connectivity index (χ3n) is 6.69. The summed E-state index contributed by atoms with van der Waals surface area (Å²) in [4.78, 5) is 1.84. The number of piperidine rings is 1. The van der Waals surface area contributed by atoms with Crippen molar-refractivity contribution in [2.24, 2.45) is 23.5 Å². The molecule has 0 aromatic heterocycles. The quantitative estimate of drug-likeness (QED) is 0.751. The van der Waals surface area contributed by atoms with Crippen LogP contribution in [0.25, 0.3) is 0 Å². The van der Waals surface area contributed by atoms with Crippen molar-refractivity contribution in [3.63, 3.8) is 0 Å². The molecule has 1 saturated heterocycles. The number of benzene rings is 1. The van der Waals surface area contributed by atoms with Gasteiger partial charge in [-0.1, -0.05) is 0 Å². The van der Waals surface area contributed by atoms with Gasteiger partial charge in [0.25, 0.3) is 0 Å². The first kappa shape index (κ1) is 18.8. The van der Waals surface area contributed by atoms with E-state index in [9.17, 15) is 17.6 Å². The Morgan fingerprint density at radius 3 is 2.19 bits per heavy atom. The number of rotatable bonds is 3. The highest BCUT2D eigenvalue weighted by atomic mass is 19.4. The maximum atomic E-state index is 14.6. The lowest BCUT2D eigenvalue weighted by molar-refractivity contribution is -0.179. The van der Waals surface area contributed by atoms with Crippen molar-refractivity contribution in [3.05, 3.63) is 24.0 Å². The minimum Gasteiger partial charge on any atom is -0.380 e. The molecule has 2 saturated carbocycles. The normalized spacial score (nSPS) is 32.0. The average molecular weight is 385 g/mol. The summed E-state index contributed by atoms with van der Waals surface area (Å²) in [5.41, 5.74) is 7.16. The van der Waals surface area contributed by atoms with Crippen LogP contribution in [0.5, 0.6) is 0 Å². The molecule has 2 aliphatic carbocycles. The maximum Gasteiger partial charge on any atom is 0.391 e. The lowest BCUT2D eigenvalue weighted by Crippen LogP contribution is -2.39. The van der Waals surface area contributed by atoms with Crippen LogP contribution in [0, 0.1) is 23.6 Å². The van der Waals surface area contributed by atoms with E-state index >= 15 is 0 Å². The summed E-state index contributed by atoms with van der Waals surface area (Å²) in [6, 6.07) is 5.57. The van der Waals surface area contributed by atoms with Gasteiger partial charge in [0.15, 0.2) is 0 Å². The van der Waals surface area contributed by atoms with Crippen molar-refractivity contribution >= 4 is 11.4 Å². The third-order valence-corrected chi connectivity index (χ3v) is 6.69. The molecule has 0 spiro atoms. The van der Waals surface area contributed by atoms with Gasteiger partial charge in [-0.2, -0.15) is 13.2 Å². The number of nitrogens with two attached hydrogens (primary N) is 1. The second-order valence-electron chi connectivity index (χ2n) is 8.53. The summed E-state index contributed by atoms with van der Waals surface area (Å²) in [7, 11) is 0. The molecule has 7 heteroatoms. The van der Waals surface area contributed by atoms with Gasteiger partial charge in [0.05, 0.1) is 11.6 Å². The first-order chi connectivity index (χ1) is 12.8. The molecule has 2 unspecified atom stereocenters. The first-order valence-electron chi connectivity index (χ1n) is 9.93. The van der Waals surface area contributed by atoms with E-state index in [2.05, 4.69) is 5.32 Å². The van der Waals surface area contributed by atoms with Gasteiger partial charge in [0.2, 0.25) is 0 Å². The highest BCUT2D eigenvalue weighted by Crippen LogP contribution is 2.44. The predicted octanol–water partition coefficient (Wildman–Crippen LogP) is 4.53. The number of alkyl halides is 3. The SMILES string of the molecule is NC1C[C@@H]2CC(Nc3ccc(N4CCC(C(F)(F)F)CC4)cc3F)C[C@@H]2C1. The fraction of sp³-hybridized carbons (Fsp3) is 0.700. The fourth-order valence-electron chi connectivity index (χ4n) is 5.28. The molecule has 27 heavy (non-hydrogen) atoms. The Labute approximate surface area is 157 Å². The number of nitrogens with one attached hydrogen (secondary N) is 1. The first-order valence-corrected chi connectivity index (χ1v) is 9.93. The Morgan fingerprint density at radius 1 is 1.00 bits per heavy atom. The number of hydrogen-bond donors (Lipinski definition) is 2. The summed E-state index contributed by atoms with van der Waals surface area (Å²) in [6.45, 7) is 0.616. The second kappa shape index (κ2) is 7.15. The maximum absolute atomic E-state index is 14.6. The molecule has 4 rings (SSSR count). The van der Waals surface area contributed by atoms with E-state index in [1.54, 1.807) is 6.07 Å². The summed E-state index contributed by atoms with van der Waals surface area (Å²) in [5.74, 6) is -0.279. The van der Waals surface area contributed by atoms with E-state index in [4.69, 9.17) is 5.73 Å². The zero-order valence-corrected chi connectivity index (χ0v) is 15.3. The van der Waals surface area contributed by atoms with E-state index in [1.165, 1.54) is 6.07 Å². The predicted molar refractivity (Wildman–Crippen MR) is 98.2 cm³/mol. The third kappa shape index (κ3) is 4.03. The largest absolute Gasteiger partial charge is 0.391 e. The molecule has 3 N–H and O–H groups in total. The molecule has 4 atom stereocenters. The monoisotopic (exact) mass is 385 g/mol. The fourth-order valence-corrected chi connectivity index (χ4v) is 5.28. The van der Waals surface area contributed by atoms with Crippen LogP contribution in [0.4, 0.5) is 28.9 Å². The van der Waals surface area contributed by atoms with Crippen LogP contribution in [0.3, 0.4) is 0 Å². The molecule has 0 radical (unpaired) electrons. The topological polar surface area (TPSA) is 41.3 Å². The van der Waals surface area contributed by atoms with Gasteiger partial charge in [0.1, 0.15) is 5.82 Å². The molecular formula is C20H27F4N3. The van der Waals surface area contributed by atoms with Crippen LogP contribution in [0.1, 0.15) is 38.5 Å². The molecule has 1 heterocycles. The van der Waals surface area contributed by atoms with Gasteiger partial charge >= 0.3 is 6.18 Å². The number of hydrogen-bond acceptors (Lipinski definition) is 3. The molecule has 0 amide bonds. The molecule has 3 aliphatic rings. The Hall–Kier alpha value is -1.50. The van der Waals surface area contributed by atoms with Gasteiger partial charge in [-0.15, -0.1) is 0 Å². The van der Waals surface area contributed by atoms with Crippen molar-refractivity contribution in [3.8, 4) is 0 Å². The highest BCUT2D eigenvalue weighted by molar-refractivity contribution is 5.57. The van der Waals surface area contributed by atoms with Gasteiger partial charge in [-0.25, -0.2) is 4.39 Å². The van der Waals surface area contributed by atoms with E-state index in [-0.39, 0.29) is 24.7 Å². The number of halogens is 4. The van der Waals surface area contributed by atoms with Crippen LogP contribution in [-0.2, 0) is 0 Å². The van der Waals surface area contributed by atoms with Crippen LogP contribution in [0.2, 0.25) is 0 Å². The minimum absolute atomic E-state index is 0.0676. The molecular weight excluding hydrogens is 358 g/mol. The number of fused-ring (bicyclic) bond motifs is 1. The summed E-state index contributed by atoms with van der Waals surface area (Å²) in [6.07, 6.45) is 0.205. The number of nitrogens with zero attached hydrogens (tertiary/aromatic N) is 1. The molecule has 3 fully saturated rings. The van der Waals surface area contributed by atoms with Crippen molar-refractivity contribution in [2.75, 3.05) is 23.3 Å². The van der Waals surface area contributed by atoms with Crippen LogP contribution < -0.4 is 16.0 Å². The molecule has 1 aromatic rings. The van der Waals surface area contributed by atoms with Crippen molar-refractivity contribution in [2.45, 2.75) is 56.8 Å². The molecule has 1 aromatic carbocycles. The van der Waals surface area contributed by atoms with E-state index in [1.807, 2.05) is 11.0 Å². The van der Waals surface area contributed by atoms with Gasteiger partial charge < -0.3 is 16.0 Å². The molecule has 1 aliphatic heterocycles. The molecule has 150 valence electrons. The lowest BCUT2D eigenvalue weighted by atomic mass is 9.96. The summed E-state index contributed by atoms with van der Waals surface area (Å²) in [5, 5.41) is 3.33. The van der Waals surface area contributed by atoms with Gasteiger partial charge in [-0.05, 0) is 68.6 Å². The second-order valence-corrected chi connectivity index (χ2v) is 8.53. The minimum atomic E-state index is -4.13. The smallest absolute Gasteiger partial charge is 0.380 e. The standard InChI is InChI=1S/C20H27F4N3/c21-18-11-17(27-5-3-14(4-6-27)20(22,23)24)1-2-19(18)26-16-9-12-7-15(25)8-13(12)10-16/h1-2,11-16,26H,3-10,25H2/t12-,13+,15?,16?. The van der Waals surface area contributed by atoms with Crippen LogP contribution in [0.15, 0.2) is 18.2 Å². The molecule has 3 nitrogen and oxygen atoms in total. The molecule has 0 bridgehead atoms. The zero-order chi connectivity index (χ0) is 19.2. The Morgan fingerprint density at radius 2 is 1.63 bits per heavy atom. The Balaban J connectivity index is 1.35. The summed E-state index contributed by atoms with van der Waals surface area (Å²) >= 11 is 0. The van der Waals surface area contributed by atoms with E-state index < -0.39 is 12.1 Å².